The van der Waals surface area contributed by atoms with Crippen molar-refractivity contribution in [1.82, 2.24) is 21.0 Å². The van der Waals surface area contributed by atoms with Crippen LogP contribution in [0.25, 0.3) is 10.9 Å². The lowest BCUT2D eigenvalue weighted by Crippen LogP contribution is -2.55. The number of pyridine rings is 1. The molecule has 2 heterocycles. The molecule has 1 aromatic heterocycles. The molecule has 4 fully saturated rings. The van der Waals surface area contributed by atoms with Gasteiger partial charge in [0.15, 0.2) is 0 Å². The van der Waals surface area contributed by atoms with Crippen LogP contribution in [0, 0.1) is 28.1 Å². The molecule has 3 atom stereocenters. The van der Waals surface area contributed by atoms with Gasteiger partial charge in [-0.15, -0.1) is 17.1 Å². The minimum Gasteiger partial charge on any atom is -0.383 e. The summed E-state index contributed by atoms with van der Waals surface area (Å²) in [7, 11) is 0. The number of nitrogens with one attached hydrogen (secondary N) is 4. The molecule has 2 unspecified atom stereocenters. The summed E-state index contributed by atoms with van der Waals surface area (Å²) in [5.74, 6) is 0.906. The zero-order valence-corrected chi connectivity index (χ0v) is 22.8. The van der Waals surface area contributed by atoms with Gasteiger partial charge in [0.05, 0.1) is 38.9 Å². The number of nitrogens with zero attached hydrogens (tertiary/aromatic N) is 3. The van der Waals surface area contributed by atoms with E-state index in [0.29, 0.717) is 27.6 Å². The maximum Gasteiger partial charge on any atom is 0.103 e. The molecular formula is C29H31Cl2N7. The van der Waals surface area contributed by atoms with Gasteiger partial charge in [0.1, 0.15) is 6.07 Å². The van der Waals surface area contributed by atoms with Crippen molar-refractivity contribution in [2.24, 2.45) is 16.7 Å². The van der Waals surface area contributed by atoms with Crippen molar-refractivity contribution in [3.8, 4) is 6.07 Å². The van der Waals surface area contributed by atoms with E-state index in [9.17, 15) is 5.26 Å². The van der Waals surface area contributed by atoms with Gasteiger partial charge in [-0.1, -0.05) is 42.8 Å². The first-order chi connectivity index (χ1) is 18.4. The van der Waals surface area contributed by atoms with Crippen LogP contribution in [0.2, 0.25) is 5.02 Å². The Hall–Kier alpha value is -2.92. The zero-order valence-electron chi connectivity index (χ0n) is 21.3. The molecule has 5 aliphatic carbocycles. The van der Waals surface area contributed by atoms with Gasteiger partial charge in [-0.3, -0.25) is 9.99 Å². The third-order valence-corrected chi connectivity index (χ3v) is 9.99. The minimum absolute atomic E-state index is 0.180. The van der Waals surface area contributed by atoms with Crippen LogP contribution in [0.5, 0.6) is 0 Å². The maximum absolute atomic E-state index is 9.89. The molecule has 38 heavy (non-hydrogen) atoms. The Kier molecular flexibility index (Phi) is 5.59. The lowest BCUT2D eigenvalue weighted by molar-refractivity contribution is -0.0929. The number of rotatable bonds is 8. The first-order valence-electron chi connectivity index (χ1n) is 13.4. The predicted molar refractivity (Wildman–Crippen MR) is 152 cm³/mol. The molecule has 0 radical (unpaired) electrons. The summed E-state index contributed by atoms with van der Waals surface area (Å²) < 4.78 is 0. The molecule has 2 aromatic rings. The Morgan fingerprint density at radius 2 is 2.08 bits per heavy atom. The van der Waals surface area contributed by atoms with E-state index in [1.54, 1.807) is 6.20 Å². The SMILES string of the molecule is CC1([C@H](Nc2cc(Cl)c3ncc(C#N)c(NCC45CC(C4)C5)c3c2)C2=CN(C3CC3)NN2)C=CC=CC1Cl. The van der Waals surface area contributed by atoms with Gasteiger partial charge >= 0.3 is 0 Å². The summed E-state index contributed by atoms with van der Waals surface area (Å²) in [6, 6.07) is 6.63. The van der Waals surface area contributed by atoms with E-state index in [2.05, 4.69) is 69.0 Å². The number of halogens is 2. The molecule has 196 valence electrons. The Bertz CT molecular complexity index is 1420. The Labute approximate surface area is 232 Å². The third kappa shape index (κ3) is 3.93. The second-order valence-corrected chi connectivity index (χ2v) is 12.8. The lowest BCUT2D eigenvalue weighted by atomic mass is 9.44. The monoisotopic (exact) mass is 547 g/mol. The molecule has 4 N–H and O–H groups in total. The van der Waals surface area contributed by atoms with Gasteiger partial charge in [-0.25, -0.2) is 0 Å². The number of alkyl halides is 1. The summed E-state index contributed by atoms with van der Waals surface area (Å²) in [5, 5.41) is 20.6. The molecule has 1 aromatic carbocycles. The average Bonchev–Trinajstić information content (AvgIpc) is 3.59. The molecular weight excluding hydrogens is 517 g/mol. The normalized spacial score (nSPS) is 31.6. The first-order valence-corrected chi connectivity index (χ1v) is 14.2. The lowest BCUT2D eigenvalue weighted by Gasteiger charge is -2.62. The van der Waals surface area contributed by atoms with Crippen molar-refractivity contribution < 1.29 is 0 Å². The Balaban J connectivity index is 1.26. The van der Waals surface area contributed by atoms with Gasteiger partial charge in [0.2, 0.25) is 0 Å². The summed E-state index contributed by atoms with van der Waals surface area (Å²) in [6.45, 7) is 3.04. The standard InChI is InChI=1S/C29H31Cl2N7/c1-28(7-3-2-4-24(28)31)27(23-15-38(37-36-23)20-5-6-20)35-19-8-21-25(34-16-29-10-17(11-29)12-29)18(13-32)14-33-26(21)22(30)9-19/h2-4,7-9,14-15,17,20,24,27,35-37H,5-6,10-12,16H2,1H3,(H,33,34)/t17?,24?,27-,28?,29?/m1/s1. The van der Waals surface area contributed by atoms with Gasteiger partial charge in [-0.05, 0) is 55.6 Å². The maximum atomic E-state index is 9.89. The van der Waals surface area contributed by atoms with E-state index >= 15 is 0 Å². The summed E-state index contributed by atoms with van der Waals surface area (Å²) in [5.41, 5.74) is 10.5. The topological polar surface area (TPSA) is 88.0 Å². The van der Waals surface area contributed by atoms with Crippen LogP contribution in [0.3, 0.4) is 0 Å². The number of hydrazine groups is 2. The van der Waals surface area contributed by atoms with Gasteiger partial charge in [-0.2, -0.15) is 5.26 Å². The highest BCUT2D eigenvalue weighted by Crippen LogP contribution is 2.64. The molecule has 8 rings (SSSR count). The van der Waals surface area contributed by atoms with Crippen LogP contribution in [0.15, 0.2) is 54.5 Å². The van der Waals surface area contributed by atoms with E-state index in [1.165, 1.54) is 32.1 Å². The number of hydrogen-bond donors (Lipinski definition) is 4. The van der Waals surface area contributed by atoms with Crippen molar-refractivity contribution in [3.05, 3.63) is 65.1 Å². The van der Waals surface area contributed by atoms with Crippen LogP contribution in [-0.2, 0) is 0 Å². The highest BCUT2D eigenvalue weighted by molar-refractivity contribution is 6.35. The van der Waals surface area contributed by atoms with Crippen molar-refractivity contribution >= 4 is 45.5 Å². The van der Waals surface area contributed by atoms with Crippen molar-refractivity contribution in [2.45, 2.75) is 56.5 Å². The molecule has 6 aliphatic rings. The molecule has 9 heteroatoms. The fraction of sp³-hybridized carbons (Fsp3) is 0.448. The number of benzene rings is 1. The Morgan fingerprint density at radius 3 is 2.76 bits per heavy atom. The van der Waals surface area contributed by atoms with Crippen LogP contribution in [-0.4, -0.2) is 34.0 Å². The summed E-state index contributed by atoms with van der Waals surface area (Å²) in [4.78, 5) is 4.55. The number of fused-ring (bicyclic) bond motifs is 1. The van der Waals surface area contributed by atoms with Gasteiger partial charge in [0, 0.05) is 41.5 Å². The molecule has 1 aliphatic heterocycles. The predicted octanol–water partition coefficient (Wildman–Crippen LogP) is 5.82. The number of aromatic nitrogens is 1. The van der Waals surface area contributed by atoms with Crippen molar-refractivity contribution in [3.63, 3.8) is 0 Å². The van der Waals surface area contributed by atoms with Crippen molar-refractivity contribution in [2.75, 3.05) is 17.2 Å². The van der Waals surface area contributed by atoms with Crippen molar-refractivity contribution in [1.29, 1.82) is 5.26 Å². The zero-order chi connectivity index (χ0) is 26.1. The minimum atomic E-state index is -0.421. The highest BCUT2D eigenvalue weighted by atomic mass is 35.5. The van der Waals surface area contributed by atoms with Crippen LogP contribution in [0.1, 0.15) is 44.6 Å². The second-order valence-electron chi connectivity index (χ2n) is 11.9. The molecule has 0 amide bonds. The fourth-order valence-electron chi connectivity index (χ4n) is 6.52. The quantitative estimate of drug-likeness (QED) is 0.309. The smallest absolute Gasteiger partial charge is 0.103 e. The second kappa shape index (κ2) is 8.81. The highest BCUT2D eigenvalue weighted by Gasteiger charge is 2.56. The first kappa shape index (κ1) is 24.1. The molecule has 2 bridgehead atoms. The average molecular weight is 549 g/mol. The number of anilines is 2. The van der Waals surface area contributed by atoms with Gasteiger partial charge in [0.25, 0.3) is 0 Å². The van der Waals surface area contributed by atoms with Gasteiger partial charge < -0.3 is 16.1 Å². The van der Waals surface area contributed by atoms with E-state index in [4.69, 9.17) is 23.2 Å². The largest absolute Gasteiger partial charge is 0.383 e. The molecule has 0 saturated heterocycles. The van der Waals surface area contributed by atoms with E-state index < -0.39 is 5.41 Å². The van der Waals surface area contributed by atoms with E-state index in [-0.39, 0.29) is 11.4 Å². The molecule has 4 saturated carbocycles. The van der Waals surface area contributed by atoms with E-state index in [1.807, 2.05) is 18.2 Å². The molecule has 0 spiro atoms. The fourth-order valence-corrected chi connectivity index (χ4v) is 7.07. The van der Waals surface area contributed by atoms with Crippen LogP contribution < -0.4 is 21.6 Å². The number of hydrogen-bond acceptors (Lipinski definition) is 7. The number of allylic oxidation sites excluding steroid dienone is 3. The molecule has 7 nitrogen and oxygen atoms in total. The summed E-state index contributed by atoms with van der Waals surface area (Å²) in [6.07, 6.45) is 18.2. The summed E-state index contributed by atoms with van der Waals surface area (Å²) >= 11 is 13.7. The Morgan fingerprint density at radius 1 is 1.26 bits per heavy atom. The van der Waals surface area contributed by atoms with Crippen LogP contribution in [0.4, 0.5) is 11.4 Å². The van der Waals surface area contributed by atoms with E-state index in [0.717, 1.165) is 34.9 Å². The number of nitriles is 1. The third-order valence-electron chi connectivity index (χ3n) is 9.08. The van der Waals surface area contributed by atoms with Crippen LogP contribution >= 0.6 is 23.2 Å².